The molecule has 0 spiro atoms. The smallest absolute Gasteiger partial charge is 0.330 e. The predicted octanol–water partition coefficient (Wildman–Crippen LogP) is 3.29. The van der Waals surface area contributed by atoms with E-state index in [1.807, 2.05) is 36.5 Å². The van der Waals surface area contributed by atoms with Crippen molar-refractivity contribution < 1.29 is 14.6 Å². The highest BCUT2D eigenvalue weighted by Gasteiger charge is 2.21. The van der Waals surface area contributed by atoms with Gasteiger partial charge in [0, 0.05) is 29.7 Å². The molecule has 0 saturated carbocycles. The molecule has 0 aliphatic rings. The van der Waals surface area contributed by atoms with Gasteiger partial charge in [-0.1, -0.05) is 36.4 Å². The fourth-order valence-corrected chi connectivity index (χ4v) is 3.76. The number of rotatable bonds is 6. The zero-order valence-corrected chi connectivity index (χ0v) is 17.9. The third kappa shape index (κ3) is 4.10. The minimum absolute atomic E-state index is 0.0409. The summed E-state index contributed by atoms with van der Waals surface area (Å²) in [7, 11) is 1.28. The maximum atomic E-state index is 12.5. The maximum Gasteiger partial charge on any atom is 0.330 e. The number of fused-ring (bicyclic) bond motifs is 1. The van der Waals surface area contributed by atoms with Crippen LogP contribution in [-0.4, -0.2) is 45.0 Å². The second-order valence-corrected chi connectivity index (χ2v) is 7.43. The minimum atomic E-state index is -0.911. The Bertz CT molecular complexity index is 1420. The van der Waals surface area contributed by atoms with Gasteiger partial charge in [-0.15, -0.1) is 0 Å². The Morgan fingerprint density at radius 1 is 1.22 bits per heavy atom. The first kappa shape index (κ1) is 21.3. The Morgan fingerprint density at radius 2 is 1.94 bits per heavy atom. The highest BCUT2D eigenvalue weighted by molar-refractivity contribution is 7.71. The number of hydrogen-bond donors (Lipinski definition) is 3. The summed E-state index contributed by atoms with van der Waals surface area (Å²) < 4.78 is 6.27. The predicted molar refractivity (Wildman–Crippen MR) is 124 cm³/mol. The van der Waals surface area contributed by atoms with Crippen LogP contribution >= 0.6 is 12.2 Å². The van der Waals surface area contributed by atoms with Gasteiger partial charge in [-0.2, -0.15) is 0 Å². The van der Waals surface area contributed by atoms with E-state index in [4.69, 9.17) is 17.0 Å². The summed E-state index contributed by atoms with van der Waals surface area (Å²) in [5, 5.41) is 11.7. The summed E-state index contributed by atoms with van der Waals surface area (Å²) in [5.41, 5.74) is 1.67. The summed E-state index contributed by atoms with van der Waals surface area (Å²) in [5.74, 6) is -0.928. The number of nitrogens with zero attached hydrogens (tertiary/aromatic N) is 2. The highest BCUT2D eigenvalue weighted by atomic mass is 32.1. The first-order valence-corrected chi connectivity index (χ1v) is 10.2. The van der Waals surface area contributed by atoms with Crippen LogP contribution in [0.1, 0.15) is 11.1 Å². The van der Waals surface area contributed by atoms with Crippen LogP contribution in [0.15, 0.2) is 70.6 Å². The van der Waals surface area contributed by atoms with E-state index >= 15 is 0 Å². The molecule has 0 aliphatic heterocycles. The van der Waals surface area contributed by atoms with Gasteiger partial charge in [0.15, 0.2) is 10.8 Å². The fourth-order valence-electron chi connectivity index (χ4n) is 3.48. The van der Waals surface area contributed by atoms with E-state index in [9.17, 15) is 14.7 Å². The molecule has 0 aliphatic carbocycles. The number of H-pyrrole nitrogens is 2. The number of ether oxygens (including phenoxy) is 1. The van der Waals surface area contributed by atoms with Gasteiger partial charge in [-0.25, -0.2) is 4.79 Å². The normalized spacial score (nSPS) is 12.3. The monoisotopic (exact) mass is 448 g/mol. The maximum absolute atomic E-state index is 12.5. The molecule has 0 bridgehead atoms. The summed E-state index contributed by atoms with van der Waals surface area (Å²) in [6.07, 6.45) is 3.25. The number of carbonyl (C=O) groups is 1. The number of aromatic nitrogens is 3. The first-order valence-electron chi connectivity index (χ1n) is 9.79. The largest absolute Gasteiger partial charge is 0.494 e. The van der Waals surface area contributed by atoms with Crippen molar-refractivity contribution in [2.24, 2.45) is 4.99 Å². The molecule has 162 valence electrons. The molecule has 0 amide bonds. The first-order chi connectivity index (χ1) is 15.5. The minimum Gasteiger partial charge on any atom is -0.494 e. The van der Waals surface area contributed by atoms with Gasteiger partial charge in [-0.3, -0.25) is 19.3 Å². The molecule has 0 radical (unpaired) electrons. The van der Waals surface area contributed by atoms with Crippen molar-refractivity contribution in [3.8, 4) is 11.6 Å². The molecular formula is C23H20N4O4S. The molecule has 1 atom stereocenters. The molecule has 2 heterocycles. The van der Waals surface area contributed by atoms with E-state index in [1.54, 1.807) is 24.3 Å². The van der Waals surface area contributed by atoms with Crippen molar-refractivity contribution in [3.05, 3.63) is 87.0 Å². The third-order valence-corrected chi connectivity index (χ3v) is 5.36. The van der Waals surface area contributed by atoms with Crippen LogP contribution in [0.25, 0.3) is 16.6 Å². The van der Waals surface area contributed by atoms with Crippen molar-refractivity contribution in [3.63, 3.8) is 0 Å². The number of aromatic hydroxyl groups is 1. The van der Waals surface area contributed by atoms with Crippen LogP contribution < -0.4 is 5.56 Å². The molecule has 32 heavy (non-hydrogen) atoms. The van der Waals surface area contributed by atoms with Crippen LogP contribution in [0.5, 0.6) is 5.88 Å². The Kier molecular flexibility index (Phi) is 6.00. The zero-order chi connectivity index (χ0) is 22.7. The Balaban J connectivity index is 1.73. The molecule has 4 rings (SSSR count). The van der Waals surface area contributed by atoms with Gasteiger partial charge >= 0.3 is 5.97 Å². The Labute approximate surface area is 187 Å². The van der Waals surface area contributed by atoms with Crippen LogP contribution in [0.2, 0.25) is 0 Å². The molecule has 4 aromatic rings. The number of aliphatic imine (C=N–C) groups is 1. The standard InChI is InChI=1S/C23H20N4O4S/c1-31-22(30)19(11-14-12-24-18-10-6-5-9-16(14)18)25-13-17-20(28)26-23(32)27(21(17)29)15-7-3-2-4-8-15/h2-10,12-13,19,24,29H,11H2,1H3,(H,26,28,32). The van der Waals surface area contributed by atoms with E-state index < -0.39 is 17.6 Å². The van der Waals surface area contributed by atoms with E-state index in [0.717, 1.165) is 16.5 Å². The quantitative estimate of drug-likeness (QED) is 0.238. The average Bonchev–Trinajstić information content (AvgIpc) is 3.21. The number of esters is 1. The van der Waals surface area contributed by atoms with Gasteiger partial charge in [-0.05, 0) is 36.0 Å². The number of benzene rings is 2. The summed E-state index contributed by atoms with van der Waals surface area (Å²) >= 11 is 5.21. The highest BCUT2D eigenvalue weighted by Crippen LogP contribution is 2.21. The lowest BCUT2D eigenvalue weighted by Gasteiger charge is -2.12. The number of nitrogens with one attached hydrogen (secondary N) is 2. The summed E-state index contributed by atoms with van der Waals surface area (Å²) in [6.45, 7) is 0. The van der Waals surface area contributed by atoms with Crippen LogP contribution in [0.4, 0.5) is 0 Å². The van der Waals surface area contributed by atoms with E-state index in [0.29, 0.717) is 5.69 Å². The number of methoxy groups -OCH3 is 1. The van der Waals surface area contributed by atoms with Gasteiger partial charge in [0.2, 0.25) is 5.88 Å². The zero-order valence-electron chi connectivity index (χ0n) is 17.1. The van der Waals surface area contributed by atoms with Crippen molar-refractivity contribution in [2.45, 2.75) is 12.5 Å². The summed E-state index contributed by atoms with van der Waals surface area (Å²) in [4.78, 5) is 34.9. The second-order valence-electron chi connectivity index (χ2n) is 7.05. The third-order valence-electron chi connectivity index (χ3n) is 5.08. The Morgan fingerprint density at radius 3 is 2.69 bits per heavy atom. The lowest BCUT2D eigenvalue weighted by Crippen LogP contribution is -2.24. The molecule has 9 heteroatoms. The fraction of sp³-hybridized carbons (Fsp3) is 0.130. The van der Waals surface area contributed by atoms with Crippen molar-refractivity contribution >= 4 is 35.3 Å². The molecule has 0 saturated heterocycles. The molecule has 1 unspecified atom stereocenters. The van der Waals surface area contributed by atoms with E-state index in [-0.39, 0.29) is 22.6 Å². The number of aromatic amines is 2. The molecule has 2 aromatic heterocycles. The number of para-hydroxylation sites is 2. The van der Waals surface area contributed by atoms with Crippen LogP contribution in [-0.2, 0) is 16.0 Å². The lowest BCUT2D eigenvalue weighted by molar-refractivity contribution is -0.142. The van der Waals surface area contributed by atoms with Crippen molar-refractivity contribution in [1.29, 1.82) is 0 Å². The van der Waals surface area contributed by atoms with Crippen molar-refractivity contribution in [2.75, 3.05) is 7.11 Å². The average molecular weight is 449 g/mol. The van der Waals surface area contributed by atoms with Gasteiger partial charge < -0.3 is 14.8 Å². The van der Waals surface area contributed by atoms with Crippen LogP contribution in [0.3, 0.4) is 0 Å². The van der Waals surface area contributed by atoms with E-state index in [1.165, 1.54) is 17.9 Å². The number of hydrogen-bond acceptors (Lipinski definition) is 6. The topological polar surface area (TPSA) is 112 Å². The van der Waals surface area contributed by atoms with Crippen molar-refractivity contribution in [1.82, 2.24) is 14.5 Å². The SMILES string of the molecule is COC(=O)C(Cc1c[nH]c2ccccc12)N=Cc1c(O)n(-c2ccccc2)c(=S)[nH]c1=O. The Hall–Kier alpha value is -3.98. The molecular weight excluding hydrogens is 428 g/mol. The van der Waals surface area contributed by atoms with E-state index in [2.05, 4.69) is 15.0 Å². The molecule has 8 nitrogen and oxygen atoms in total. The van der Waals surface area contributed by atoms with Crippen LogP contribution in [0, 0.1) is 4.77 Å². The molecule has 0 fully saturated rings. The molecule has 2 aromatic carbocycles. The lowest BCUT2D eigenvalue weighted by atomic mass is 10.1. The van der Waals surface area contributed by atoms with Gasteiger partial charge in [0.1, 0.15) is 5.56 Å². The summed E-state index contributed by atoms with van der Waals surface area (Å²) in [6, 6.07) is 15.7. The molecule has 3 N–H and O–H groups in total. The van der Waals surface area contributed by atoms with Gasteiger partial charge in [0.05, 0.1) is 12.8 Å². The second kappa shape index (κ2) is 9.03. The number of carbonyl (C=O) groups excluding carboxylic acids is 1. The van der Waals surface area contributed by atoms with Gasteiger partial charge in [0.25, 0.3) is 5.56 Å².